The van der Waals surface area contributed by atoms with E-state index in [-0.39, 0.29) is 17.8 Å². The van der Waals surface area contributed by atoms with Crippen LogP contribution in [0.15, 0.2) is 6.07 Å². The number of hydrogen-bond donors (Lipinski definition) is 1. The summed E-state index contributed by atoms with van der Waals surface area (Å²) in [4.78, 5) is 10.4. The molecule has 1 aromatic rings. The maximum atomic E-state index is 10.4. The van der Waals surface area contributed by atoms with E-state index in [0.29, 0.717) is 5.15 Å². The van der Waals surface area contributed by atoms with Crippen LogP contribution in [0.1, 0.15) is 20.8 Å². The van der Waals surface area contributed by atoms with Crippen LogP contribution in [0.5, 0.6) is 6.01 Å². The third kappa shape index (κ3) is 2.77. The maximum absolute atomic E-state index is 10.4. The molecule has 6 heteroatoms. The van der Waals surface area contributed by atoms with E-state index in [1.165, 1.54) is 7.11 Å². The Labute approximate surface area is 118 Å². The number of nitrogens with zero attached hydrogens (tertiary/aromatic N) is 3. The molecule has 106 valence electrons. The second-order valence-electron chi connectivity index (χ2n) is 5.47. The summed E-state index contributed by atoms with van der Waals surface area (Å²) in [5.74, 6) is 1.04. The molecule has 0 amide bonds. The Hall–Kier alpha value is -1.07. The normalized spacial score (nSPS) is 31.4. The lowest BCUT2D eigenvalue weighted by atomic mass is 9.76. The molecule has 0 aliphatic carbocycles. The number of hydrogen-bond acceptors (Lipinski definition) is 5. The molecule has 3 atom stereocenters. The smallest absolute Gasteiger partial charge is 0.319 e. The summed E-state index contributed by atoms with van der Waals surface area (Å²) in [6, 6.07) is 1.99. The molecular weight excluding hydrogens is 266 g/mol. The first-order chi connectivity index (χ1) is 8.84. The molecule has 0 spiro atoms. The molecule has 1 fully saturated rings. The van der Waals surface area contributed by atoms with E-state index in [0.717, 1.165) is 18.9 Å². The minimum Gasteiger partial charge on any atom is -0.467 e. The van der Waals surface area contributed by atoms with Crippen LogP contribution in [0.2, 0.25) is 5.15 Å². The van der Waals surface area contributed by atoms with Crippen molar-refractivity contribution in [3.63, 3.8) is 0 Å². The fourth-order valence-electron chi connectivity index (χ4n) is 2.42. The zero-order chi connectivity index (χ0) is 14.2. The van der Waals surface area contributed by atoms with Gasteiger partial charge >= 0.3 is 6.01 Å². The minimum absolute atomic E-state index is 0.149. The molecule has 0 saturated carbocycles. The standard InChI is InChI=1S/C13H20ClN3O2/c1-8-6-17(7-9(2)13(8,3)18)11-5-10(14)15-12(16-11)19-4/h5,8-9,18H,6-7H2,1-4H3/t8-,9+,13-. The third-order valence-corrected chi connectivity index (χ3v) is 4.34. The van der Waals surface area contributed by atoms with Gasteiger partial charge < -0.3 is 14.7 Å². The predicted molar refractivity (Wildman–Crippen MR) is 74.8 cm³/mol. The highest BCUT2D eigenvalue weighted by Gasteiger charge is 2.40. The van der Waals surface area contributed by atoms with Crippen molar-refractivity contribution in [1.29, 1.82) is 0 Å². The van der Waals surface area contributed by atoms with Crippen LogP contribution in [0, 0.1) is 11.8 Å². The number of piperidine rings is 1. The molecule has 1 aromatic heterocycles. The molecule has 1 aliphatic heterocycles. The van der Waals surface area contributed by atoms with Crippen LogP contribution in [0.4, 0.5) is 5.82 Å². The molecule has 1 saturated heterocycles. The summed E-state index contributed by atoms with van der Waals surface area (Å²) in [6.07, 6.45) is 0. The molecule has 2 heterocycles. The molecule has 1 N–H and O–H groups in total. The monoisotopic (exact) mass is 285 g/mol. The van der Waals surface area contributed by atoms with Crippen molar-refractivity contribution in [1.82, 2.24) is 9.97 Å². The van der Waals surface area contributed by atoms with Gasteiger partial charge in [-0.05, 0) is 6.92 Å². The first-order valence-corrected chi connectivity index (χ1v) is 6.78. The van der Waals surface area contributed by atoms with Crippen molar-refractivity contribution >= 4 is 17.4 Å². The lowest BCUT2D eigenvalue weighted by molar-refractivity contribution is -0.0504. The summed E-state index contributed by atoms with van der Waals surface area (Å²) in [7, 11) is 1.52. The molecule has 5 nitrogen and oxygen atoms in total. The Morgan fingerprint density at radius 2 is 1.95 bits per heavy atom. The first-order valence-electron chi connectivity index (χ1n) is 6.40. The topological polar surface area (TPSA) is 58.5 Å². The van der Waals surface area contributed by atoms with E-state index in [2.05, 4.69) is 14.9 Å². The number of rotatable bonds is 2. The highest BCUT2D eigenvalue weighted by atomic mass is 35.5. The minimum atomic E-state index is -0.655. The van der Waals surface area contributed by atoms with E-state index in [4.69, 9.17) is 16.3 Å². The number of anilines is 1. The van der Waals surface area contributed by atoms with Crippen molar-refractivity contribution < 1.29 is 9.84 Å². The summed E-state index contributed by atoms with van der Waals surface area (Å²) < 4.78 is 5.04. The highest BCUT2D eigenvalue weighted by molar-refractivity contribution is 6.29. The van der Waals surface area contributed by atoms with Gasteiger partial charge in [0.05, 0.1) is 12.7 Å². The quantitative estimate of drug-likeness (QED) is 0.842. The first kappa shape index (κ1) is 14.3. The molecule has 0 bridgehead atoms. The number of aromatic nitrogens is 2. The van der Waals surface area contributed by atoms with Crippen LogP contribution in [-0.4, -0.2) is 40.9 Å². The largest absolute Gasteiger partial charge is 0.467 e. The summed E-state index contributed by atoms with van der Waals surface area (Å²) in [5, 5.41) is 10.8. The molecule has 0 radical (unpaired) electrons. The second kappa shape index (κ2) is 5.13. The van der Waals surface area contributed by atoms with Crippen molar-refractivity contribution in [2.75, 3.05) is 25.1 Å². The zero-order valence-electron chi connectivity index (χ0n) is 11.7. The fourth-order valence-corrected chi connectivity index (χ4v) is 2.59. The predicted octanol–water partition coefficient (Wildman–Crippen LogP) is 1.98. The average Bonchev–Trinajstić information content (AvgIpc) is 2.35. The second-order valence-corrected chi connectivity index (χ2v) is 5.86. The van der Waals surface area contributed by atoms with Gasteiger partial charge in [0.2, 0.25) is 0 Å². The third-order valence-electron chi connectivity index (χ3n) is 4.15. The number of aliphatic hydroxyl groups is 1. The number of halogens is 1. The molecule has 2 rings (SSSR count). The molecule has 1 aliphatic rings. The van der Waals surface area contributed by atoms with E-state index < -0.39 is 5.60 Å². The number of methoxy groups -OCH3 is 1. The van der Waals surface area contributed by atoms with Gasteiger partial charge in [-0.3, -0.25) is 0 Å². The summed E-state index contributed by atoms with van der Waals surface area (Å²) in [6.45, 7) is 7.44. The van der Waals surface area contributed by atoms with Crippen molar-refractivity contribution in [3.8, 4) is 6.01 Å². The van der Waals surface area contributed by atoms with E-state index in [9.17, 15) is 5.11 Å². The Balaban J connectivity index is 2.26. The van der Waals surface area contributed by atoms with E-state index in [1.807, 2.05) is 20.8 Å². The average molecular weight is 286 g/mol. The van der Waals surface area contributed by atoms with Crippen molar-refractivity contribution in [3.05, 3.63) is 11.2 Å². The summed E-state index contributed by atoms with van der Waals surface area (Å²) in [5.41, 5.74) is -0.655. The van der Waals surface area contributed by atoms with E-state index >= 15 is 0 Å². The van der Waals surface area contributed by atoms with Gasteiger partial charge in [-0.25, -0.2) is 0 Å². The lowest BCUT2D eigenvalue weighted by Crippen LogP contribution is -2.55. The van der Waals surface area contributed by atoms with E-state index in [1.54, 1.807) is 6.07 Å². The molecule has 0 unspecified atom stereocenters. The van der Waals surface area contributed by atoms with Crippen molar-refractivity contribution in [2.45, 2.75) is 26.4 Å². The van der Waals surface area contributed by atoms with Gasteiger partial charge in [0, 0.05) is 31.0 Å². The Morgan fingerprint density at radius 1 is 1.37 bits per heavy atom. The molecular formula is C13H20ClN3O2. The highest BCUT2D eigenvalue weighted by Crippen LogP contribution is 2.34. The van der Waals surface area contributed by atoms with Crippen LogP contribution >= 0.6 is 11.6 Å². The molecule has 19 heavy (non-hydrogen) atoms. The SMILES string of the molecule is COc1nc(Cl)cc(N2C[C@@H](C)[C@@](C)(O)[C@@H](C)C2)n1. The fraction of sp³-hybridized carbons (Fsp3) is 0.692. The van der Waals surface area contributed by atoms with Gasteiger partial charge in [-0.1, -0.05) is 25.4 Å². The Morgan fingerprint density at radius 3 is 2.47 bits per heavy atom. The van der Waals surface area contributed by atoms with Gasteiger partial charge in [-0.2, -0.15) is 9.97 Å². The van der Waals surface area contributed by atoms with Crippen LogP contribution in [-0.2, 0) is 0 Å². The van der Waals surface area contributed by atoms with Gasteiger partial charge in [0.15, 0.2) is 0 Å². The lowest BCUT2D eigenvalue weighted by Gasteiger charge is -2.46. The van der Waals surface area contributed by atoms with Crippen molar-refractivity contribution in [2.24, 2.45) is 11.8 Å². The Kier molecular flexibility index (Phi) is 3.87. The van der Waals surface area contributed by atoms with Crippen LogP contribution in [0.25, 0.3) is 0 Å². The van der Waals surface area contributed by atoms with Gasteiger partial charge in [0.1, 0.15) is 11.0 Å². The Bertz CT molecular complexity index is 453. The zero-order valence-corrected chi connectivity index (χ0v) is 12.5. The molecule has 0 aromatic carbocycles. The van der Waals surface area contributed by atoms with Gasteiger partial charge in [0.25, 0.3) is 0 Å². The maximum Gasteiger partial charge on any atom is 0.319 e. The van der Waals surface area contributed by atoms with Crippen LogP contribution < -0.4 is 9.64 Å². The summed E-state index contributed by atoms with van der Waals surface area (Å²) >= 11 is 5.97. The number of ether oxygens (including phenoxy) is 1. The van der Waals surface area contributed by atoms with Crippen LogP contribution in [0.3, 0.4) is 0 Å². The van der Waals surface area contributed by atoms with Gasteiger partial charge in [-0.15, -0.1) is 0 Å².